The third-order valence-electron chi connectivity index (χ3n) is 3.53. The number of ketones is 1. The Bertz CT molecular complexity index is 827. The molecule has 5 nitrogen and oxygen atoms in total. The van der Waals surface area contributed by atoms with Crippen LogP contribution in [0.1, 0.15) is 22.3 Å². The van der Waals surface area contributed by atoms with Gasteiger partial charge in [-0.15, -0.1) is 0 Å². The quantitative estimate of drug-likeness (QED) is 0.534. The molecule has 0 amide bonds. The number of aryl methyl sites for hydroxylation is 1. The van der Waals surface area contributed by atoms with Gasteiger partial charge in [0, 0.05) is 29.4 Å². The lowest BCUT2D eigenvalue weighted by atomic mass is 10.1. The minimum absolute atomic E-state index is 0.0219. The summed E-state index contributed by atoms with van der Waals surface area (Å²) in [6.07, 6.45) is 3.75. The first-order chi connectivity index (χ1) is 9.96. The minimum atomic E-state index is -4.19. The van der Waals surface area contributed by atoms with E-state index in [0.717, 1.165) is 11.1 Å². The lowest BCUT2D eigenvalue weighted by molar-refractivity contribution is -0.696. The van der Waals surface area contributed by atoms with Crippen LogP contribution < -0.4 is 4.57 Å². The topological polar surface area (TPSA) is 78.1 Å². The Morgan fingerprint density at radius 1 is 1.00 bits per heavy atom. The molecule has 0 radical (unpaired) electrons. The Hall–Kier alpha value is -2.05. The van der Waals surface area contributed by atoms with E-state index in [-0.39, 0.29) is 12.2 Å². The van der Waals surface area contributed by atoms with Gasteiger partial charge in [-0.2, -0.15) is 0 Å². The summed E-state index contributed by atoms with van der Waals surface area (Å²) in [6.45, 7) is 0.387. The molecule has 6 heteroatoms. The second-order valence-electron chi connectivity index (χ2n) is 5.00. The molecule has 21 heavy (non-hydrogen) atoms. The number of carbonyl (C=O) groups excluding carboxylic acids is 1. The summed E-state index contributed by atoms with van der Waals surface area (Å²) >= 11 is 0. The first kappa shape index (κ1) is 13.9. The second kappa shape index (κ2) is 5.05. The van der Waals surface area contributed by atoms with Gasteiger partial charge in [0.25, 0.3) is 0 Å². The maximum Gasteiger partial charge on any atom is 0.200 e. The highest BCUT2D eigenvalue weighted by Gasteiger charge is 2.28. The molecular weight excluding hydrogens is 290 g/mol. The largest absolute Gasteiger partial charge is 0.748 e. The van der Waals surface area contributed by atoms with Gasteiger partial charge in [-0.1, -0.05) is 24.3 Å². The van der Waals surface area contributed by atoms with Gasteiger partial charge in [0.15, 0.2) is 18.2 Å². The number of nitrogens with zero attached hydrogens (tertiary/aromatic N) is 1. The normalized spacial score (nSPS) is 13.1. The van der Waals surface area contributed by atoms with Crippen LogP contribution in [0.5, 0.6) is 0 Å². The number of carbonyl (C=O) groups is 1. The van der Waals surface area contributed by atoms with Gasteiger partial charge < -0.3 is 4.55 Å². The molecule has 0 atom stereocenters. The summed E-state index contributed by atoms with van der Waals surface area (Å²) in [5.74, 6) is -0.419. The Balaban J connectivity index is 1.86. The molecule has 2 aromatic rings. The van der Waals surface area contributed by atoms with E-state index in [1.165, 1.54) is 0 Å². The molecule has 0 aliphatic heterocycles. The zero-order chi connectivity index (χ0) is 15.0. The summed E-state index contributed by atoms with van der Waals surface area (Å²) in [6, 6.07) is 9.28. The highest BCUT2D eigenvalue weighted by atomic mass is 32.2. The molecule has 0 spiro atoms. The average Bonchev–Trinajstić information content (AvgIpc) is 2.72. The number of hydrogen-bond donors (Lipinski definition) is 0. The van der Waals surface area contributed by atoms with Crippen LogP contribution in [0.3, 0.4) is 0 Å². The zero-order valence-corrected chi connectivity index (χ0v) is 12.0. The van der Waals surface area contributed by atoms with Gasteiger partial charge >= 0.3 is 0 Å². The molecule has 1 aromatic carbocycles. The van der Waals surface area contributed by atoms with Crippen LogP contribution in [0.4, 0.5) is 0 Å². The van der Waals surface area contributed by atoms with Crippen LogP contribution >= 0.6 is 0 Å². The fourth-order valence-electron chi connectivity index (χ4n) is 2.58. The van der Waals surface area contributed by atoms with Gasteiger partial charge in [-0.25, -0.2) is 13.0 Å². The smallest absolute Gasteiger partial charge is 0.200 e. The van der Waals surface area contributed by atoms with Crippen molar-refractivity contribution in [2.45, 2.75) is 13.0 Å². The molecule has 0 saturated carbocycles. The number of hydrogen-bond acceptors (Lipinski definition) is 4. The Kier molecular flexibility index (Phi) is 3.35. The van der Waals surface area contributed by atoms with Crippen molar-refractivity contribution in [3.63, 3.8) is 0 Å². The van der Waals surface area contributed by atoms with Gasteiger partial charge in [0.2, 0.25) is 0 Å². The number of rotatable bonds is 4. The highest BCUT2D eigenvalue weighted by molar-refractivity contribution is 7.85. The number of benzene rings is 1. The van der Waals surface area contributed by atoms with Gasteiger partial charge in [0.1, 0.15) is 6.54 Å². The van der Waals surface area contributed by atoms with Crippen LogP contribution in [0.2, 0.25) is 0 Å². The summed E-state index contributed by atoms with van der Waals surface area (Å²) in [7, 11) is -4.19. The van der Waals surface area contributed by atoms with Gasteiger partial charge in [0.05, 0.1) is 15.7 Å². The predicted octanol–water partition coefficient (Wildman–Crippen LogP) is 1.12. The third kappa shape index (κ3) is 2.72. The first-order valence-corrected chi connectivity index (χ1v) is 8.14. The second-order valence-corrected chi connectivity index (χ2v) is 6.52. The average molecular weight is 303 g/mol. The van der Waals surface area contributed by atoms with Crippen molar-refractivity contribution in [3.8, 4) is 11.1 Å². The van der Waals surface area contributed by atoms with Crippen molar-refractivity contribution in [3.05, 3.63) is 53.9 Å². The molecule has 1 aromatic heterocycles. The van der Waals surface area contributed by atoms with Crippen molar-refractivity contribution in [1.29, 1.82) is 0 Å². The molecular formula is C15H13NO4S. The number of aromatic nitrogens is 1. The first-order valence-electron chi connectivity index (χ1n) is 6.56. The minimum Gasteiger partial charge on any atom is -0.748 e. The molecule has 108 valence electrons. The van der Waals surface area contributed by atoms with E-state index in [1.807, 2.05) is 24.3 Å². The van der Waals surface area contributed by atoms with E-state index in [9.17, 15) is 17.8 Å². The Labute approximate surface area is 122 Å². The lowest BCUT2D eigenvalue weighted by Crippen LogP contribution is -2.34. The van der Waals surface area contributed by atoms with Crippen LogP contribution in [-0.4, -0.2) is 24.5 Å². The molecule has 0 N–H and O–H groups in total. The van der Waals surface area contributed by atoms with E-state index in [0.29, 0.717) is 17.7 Å². The van der Waals surface area contributed by atoms with Crippen LogP contribution in [0.25, 0.3) is 11.1 Å². The van der Waals surface area contributed by atoms with E-state index < -0.39 is 15.9 Å². The number of fused-ring (bicyclic) bond motifs is 3. The molecule has 1 heterocycles. The zero-order valence-electron chi connectivity index (χ0n) is 11.2. The van der Waals surface area contributed by atoms with Crippen molar-refractivity contribution in [1.82, 2.24) is 0 Å². The van der Waals surface area contributed by atoms with Crippen molar-refractivity contribution in [2.75, 3.05) is 5.75 Å². The maximum atomic E-state index is 12.3. The lowest BCUT2D eigenvalue weighted by Gasteiger charge is -2.04. The van der Waals surface area contributed by atoms with Crippen LogP contribution in [-0.2, 0) is 16.7 Å². The van der Waals surface area contributed by atoms with Crippen molar-refractivity contribution < 1.29 is 22.3 Å². The fraction of sp³-hybridized carbons (Fsp3) is 0.200. The third-order valence-corrected chi connectivity index (χ3v) is 4.32. The summed E-state index contributed by atoms with van der Waals surface area (Å²) in [5, 5.41) is 0. The molecule has 1 aliphatic rings. The van der Waals surface area contributed by atoms with Gasteiger partial charge in [-0.05, 0) is 5.56 Å². The molecule has 1 aliphatic carbocycles. The Morgan fingerprint density at radius 3 is 2.38 bits per heavy atom. The molecule has 0 unspecified atom stereocenters. The maximum absolute atomic E-state index is 12.3. The molecule has 0 bridgehead atoms. The SMILES string of the molecule is O=C1c2ccccc2-c2cc[n+](CCCS(=O)(=O)[O-])cc21. The van der Waals surface area contributed by atoms with Crippen molar-refractivity contribution in [2.24, 2.45) is 0 Å². The van der Waals surface area contributed by atoms with E-state index in [4.69, 9.17) is 0 Å². The molecule has 3 rings (SSSR count). The predicted molar refractivity (Wildman–Crippen MR) is 74.7 cm³/mol. The molecule has 0 fully saturated rings. The standard InChI is InChI=1S/C15H13NO4S/c17-15-13-5-2-1-4-11(13)12-6-8-16(10-14(12)15)7-3-9-21(18,19)20/h1-2,4-6,8,10H,3,7,9H2. The highest BCUT2D eigenvalue weighted by Crippen LogP contribution is 2.34. The summed E-state index contributed by atoms with van der Waals surface area (Å²) < 4.78 is 33.5. The monoisotopic (exact) mass is 303 g/mol. The van der Waals surface area contributed by atoms with Crippen LogP contribution in [0, 0.1) is 0 Å². The van der Waals surface area contributed by atoms with Crippen molar-refractivity contribution >= 4 is 15.9 Å². The van der Waals surface area contributed by atoms with E-state index in [1.54, 1.807) is 23.0 Å². The van der Waals surface area contributed by atoms with Gasteiger partial charge in [-0.3, -0.25) is 4.79 Å². The number of pyridine rings is 1. The fourth-order valence-corrected chi connectivity index (χ4v) is 3.06. The van der Waals surface area contributed by atoms with Crippen LogP contribution in [0.15, 0.2) is 42.7 Å². The Morgan fingerprint density at radius 2 is 1.67 bits per heavy atom. The summed E-state index contributed by atoms with van der Waals surface area (Å²) in [5.41, 5.74) is 3.12. The summed E-state index contributed by atoms with van der Waals surface area (Å²) in [4.78, 5) is 12.3. The van der Waals surface area contributed by atoms with E-state index in [2.05, 4.69) is 0 Å². The molecule has 0 saturated heterocycles. The van der Waals surface area contributed by atoms with E-state index >= 15 is 0 Å².